The van der Waals surface area contributed by atoms with Crippen LogP contribution >= 0.6 is 12.6 Å². The summed E-state index contributed by atoms with van der Waals surface area (Å²) in [7, 11) is 0. The molecule has 0 spiro atoms. The Kier molecular flexibility index (Phi) is 11.7. The van der Waals surface area contributed by atoms with Crippen molar-refractivity contribution in [2.24, 2.45) is 5.73 Å². The highest BCUT2D eigenvalue weighted by Gasteiger charge is 2.32. The Hall–Kier alpha value is -1.89. The van der Waals surface area contributed by atoms with E-state index in [1.165, 1.54) is 6.92 Å². The number of thiol groups is 1. The van der Waals surface area contributed by atoms with Crippen LogP contribution in [0.4, 0.5) is 0 Å². The molecule has 1 heterocycles. The van der Waals surface area contributed by atoms with Crippen LogP contribution in [0.3, 0.4) is 0 Å². The molecule has 1 fully saturated rings. The van der Waals surface area contributed by atoms with E-state index in [4.69, 9.17) is 10.8 Å². The average Bonchev–Trinajstić information content (AvgIpc) is 3.23. The minimum Gasteiger partial charge on any atom is -0.480 e. The maximum Gasteiger partial charge on any atom is 0.328 e. The zero-order valence-electron chi connectivity index (χ0n) is 17.1. The molecule has 3 amide bonds. The van der Waals surface area contributed by atoms with E-state index in [9.17, 15) is 24.3 Å². The Morgan fingerprint density at radius 3 is 2.30 bits per heavy atom. The molecule has 0 saturated carbocycles. The van der Waals surface area contributed by atoms with E-state index < -0.39 is 42.0 Å². The molecule has 5 atom stereocenters. The van der Waals surface area contributed by atoms with Crippen molar-refractivity contribution in [3.63, 3.8) is 0 Å². The predicted molar refractivity (Wildman–Crippen MR) is 113 cm³/mol. The number of nitrogens with two attached hydrogens (primary N) is 1. The minimum atomic E-state index is -1.52. The Balaban J connectivity index is 2.77. The lowest BCUT2D eigenvalue weighted by Crippen LogP contribution is -2.58. The third-order valence-corrected chi connectivity index (χ3v) is 5.18. The van der Waals surface area contributed by atoms with E-state index in [1.807, 2.05) is 0 Å². The summed E-state index contributed by atoms with van der Waals surface area (Å²) in [5.74, 6) is -3.16. The molecule has 0 aromatic heterocycles. The van der Waals surface area contributed by atoms with Gasteiger partial charge in [0, 0.05) is 5.75 Å². The van der Waals surface area contributed by atoms with E-state index in [2.05, 4.69) is 33.9 Å². The van der Waals surface area contributed by atoms with E-state index >= 15 is 0 Å². The lowest BCUT2D eigenvalue weighted by atomic mass is 10.1. The van der Waals surface area contributed by atoms with Crippen molar-refractivity contribution in [1.29, 1.82) is 0 Å². The molecule has 1 rings (SSSR count). The molecule has 12 heteroatoms. The molecule has 5 unspecified atom stereocenters. The number of aliphatic hydroxyl groups excluding tert-OH is 1. The lowest BCUT2D eigenvalue weighted by molar-refractivity contribution is -0.145. The molecule has 11 nitrogen and oxygen atoms in total. The van der Waals surface area contributed by atoms with Crippen molar-refractivity contribution in [2.45, 2.75) is 69.3 Å². The van der Waals surface area contributed by atoms with Crippen LogP contribution in [0.15, 0.2) is 0 Å². The molecule has 1 aliphatic heterocycles. The van der Waals surface area contributed by atoms with Crippen molar-refractivity contribution >= 4 is 36.3 Å². The van der Waals surface area contributed by atoms with Crippen molar-refractivity contribution in [1.82, 2.24) is 21.3 Å². The standard InChI is InChI=1S/C18H33N5O6S/c1-10(24)14(18(28)29)23-17(27)13(9-30)22-16(26)12(5-2-3-7-19)21-15(25)11-6-4-8-20-11/h10-14,20,24,30H,2-9,19H2,1H3,(H,21,25)(H,22,26)(H,23,27)(H,28,29). The molecular formula is C18H33N5O6S. The van der Waals surface area contributed by atoms with Gasteiger partial charge in [-0.25, -0.2) is 4.79 Å². The fourth-order valence-corrected chi connectivity index (χ4v) is 3.31. The summed E-state index contributed by atoms with van der Waals surface area (Å²) in [5, 5.41) is 29.1. The first kappa shape index (κ1) is 26.1. The number of amides is 3. The van der Waals surface area contributed by atoms with Gasteiger partial charge in [-0.2, -0.15) is 12.6 Å². The fraction of sp³-hybridized carbons (Fsp3) is 0.778. The Morgan fingerprint density at radius 2 is 1.80 bits per heavy atom. The highest BCUT2D eigenvalue weighted by Crippen LogP contribution is 2.08. The zero-order chi connectivity index (χ0) is 22.7. The number of nitrogens with one attached hydrogen (secondary N) is 4. The van der Waals surface area contributed by atoms with Gasteiger partial charge in [-0.3, -0.25) is 14.4 Å². The van der Waals surface area contributed by atoms with Gasteiger partial charge in [-0.1, -0.05) is 0 Å². The van der Waals surface area contributed by atoms with Crippen molar-refractivity contribution < 1.29 is 29.4 Å². The highest BCUT2D eigenvalue weighted by molar-refractivity contribution is 7.80. The van der Waals surface area contributed by atoms with Crippen LogP contribution in [0.1, 0.15) is 39.0 Å². The molecular weight excluding hydrogens is 414 g/mol. The van der Waals surface area contributed by atoms with Crippen molar-refractivity contribution in [2.75, 3.05) is 18.8 Å². The van der Waals surface area contributed by atoms with E-state index in [0.717, 1.165) is 13.0 Å². The second kappa shape index (κ2) is 13.4. The fourth-order valence-electron chi connectivity index (χ4n) is 3.05. The lowest BCUT2D eigenvalue weighted by Gasteiger charge is -2.25. The maximum absolute atomic E-state index is 12.8. The third kappa shape index (κ3) is 8.46. The molecule has 0 aromatic carbocycles. The normalized spacial score (nSPS) is 19.9. The highest BCUT2D eigenvalue weighted by atomic mass is 32.1. The molecule has 1 saturated heterocycles. The molecule has 0 aromatic rings. The summed E-state index contributed by atoms with van der Waals surface area (Å²) in [6.45, 7) is 2.41. The summed E-state index contributed by atoms with van der Waals surface area (Å²) < 4.78 is 0. The van der Waals surface area contributed by atoms with Gasteiger partial charge in [0.15, 0.2) is 6.04 Å². The van der Waals surface area contributed by atoms with Crippen LogP contribution in [0, 0.1) is 0 Å². The smallest absolute Gasteiger partial charge is 0.328 e. The first-order chi connectivity index (χ1) is 14.2. The maximum atomic E-state index is 12.8. The van der Waals surface area contributed by atoms with Crippen LogP contribution in [0.2, 0.25) is 0 Å². The van der Waals surface area contributed by atoms with Gasteiger partial charge in [0.2, 0.25) is 17.7 Å². The van der Waals surface area contributed by atoms with Gasteiger partial charge >= 0.3 is 5.97 Å². The molecule has 0 radical (unpaired) electrons. The van der Waals surface area contributed by atoms with Gasteiger partial charge in [-0.05, 0) is 52.1 Å². The number of carboxylic acids is 1. The third-order valence-electron chi connectivity index (χ3n) is 4.82. The van der Waals surface area contributed by atoms with Crippen LogP contribution in [-0.2, 0) is 19.2 Å². The number of hydrogen-bond donors (Lipinski definition) is 8. The van der Waals surface area contributed by atoms with Crippen LogP contribution in [0.5, 0.6) is 0 Å². The van der Waals surface area contributed by atoms with E-state index in [0.29, 0.717) is 32.2 Å². The van der Waals surface area contributed by atoms with E-state index in [1.54, 1.807) is 0 Å². The van der Waals surface area contributed by atoms with Gasteiger partial charge in [0.25, 0.3) is 0 Å². The summed E-state index contributed by atoms with van der Waals surface area (Å²) in [4.78, 5) is 48.7. The Labute approximate surface area is 181 Å². The molecule has 0 aliphatic carbocycles. The molecule has 0 bridgehead atoms. The van der Waals surface area contributed by atoms with Crippen molar-refractivity contribution in [3.8, 4) is 0 Å². The quantitative estimate of drug-likeness (QED) is 0.115. The molecule has 172 valence electrons. The van der Waals surface area contributed by atoms with Crippen molar-refractivity contribution in [3.05, 3.63) is 0 Å². The Bertz CT molecular complexity index is 600. The van der Waals surface area contributed by atoms with Crippen LogP contribution < -0.4 is 27.0 Å². The topological polar surface area (TPSA) is 183 Å². The second-order valence-corrected chi connectivity index (χ2v) is 7.67. The number of aliphatic hydroxyl groups is 1. The predicted octanol–water partition coefficient (Wildman–Crippen LogP) is -2.28. The molecule has 1 aliphatic rings. The Morgan fingerprint density at radius 1 is 1.13 bits per heavy atom. The van der Waals surface area contributed by atoms with Gasteiger partial charge in [0.1, 0.15) is 12.1 Å². The number of carbonyl (C=O) groups is 4. The van der Waals surface area contributed by atoms with Crippen LogP contribution in [0.25, 0.3) is 0 Å². The second-order valence-electron chi connectivity index (χ2n) is 7.30. The number of carbonyl (C=O) groups excluding carboxylic acids is 3. The molecule has 30 heavy (non-hydrogen) atoms. The van der Waals surface area contributed by atoms with Gasteiger partial charge in [-0.15, -0.1) is 0 Å². The number of unbranched alkanes of at least 4 members (excludes halogenated alkanes) is 1. The van der Waals surface area contributed by atoms with Gasteiger partial charge < -0.3 is 37.2 Å². The first-order valence-electron chi connectivity index (χ1n) is 10.1. The van der Waals surface area contributed by atoms with Crippen LogP contribution in [-0.4, -0.2) is 83.0 Å². The largest absolute Gasteiger partial charge is 0.480 e. The average molecular weight is 448 g/mol. The zero-order valence-corrected chi connectivity index (χ0v) is 18.0. The number of rotatable bonds is 13. The summed E-state index contributed by atoms with van der Waals surface area (Å²) in [6, 6.07) is -3.89. The van der Waals surface area contributed by atoms with Gasteiger partial charge in [0.05, 0.1) is 12.1 Å². The number of aliphatic carboxylic acids is 1. The monoisotopic (exact) mass is 447 g/mol. The molecule has 8 N–H and O–H groups in total. The number of hydrogen-bond acceptors (Lipinski definition) is 8. The minimum absolute atomic E-state index is 0.0998. The summed E-state index contributed by atoms with van der Waals surface area (Å²) in [5.41, 5.74) is 5.50. The van der Waals surface area contributed by atoms with E-state index in [-0.39, 0.29) is 17.7 Å². The first-order valence-corrected chi connectivity index (χ1v) is 10.7. The SMILES string of the molecule is CC(O)C(NC(=O)C(CS)NC(=O)C(CCCCN)NC(=O)C1CCCN1)C(=O)O. The summed E-state index contributed by atoms with van der Waals surface area (Å²) >= 11 is 4.05. The summed E-state index contributed by atoms with van der Waals surface area (Å²) in [6.07, 6.45) is 1.84. The number of carboxylic acid groups (broad SMARTS) is 1.